The van der Waals surface area contributed by atoms with Gasteiger partial charge in [0.1, 0.15) is 17.1 Å². The van der Waals surface area contributed by atoms with Gasteiger partial charge in [0, 0.05) is 24.3 Å². The van der Waals surface area contributed by atoms with Crippen LogP contribution in [0.25, 0.3) is 5.76 Å². The Labute approximate surface area is 197 Å². The molecule has 2 aromatic carbocycles. The van der Waals surface area contributed by atoms with Crippen molar-refractivity contribution in [2.45, 2.75) is 12.6 Å². The summed E-state index contributed by atoms with van der Waals surface area (Å²) < 4.78 is 16.1. The maximum Gasteiger partial charge on any atom is 0.352 e. The minimum Gasteiger partial charge on any atom is -0.507 e. The highest BCUT2D eigenvalue weighted by atomic mass is 16.5. The molecule has 1 atom stereocenters. The third-order valence-electron chi connectivity index (χ3n) is 5.93. The number of hydrogen-bond acceptors (Lipinski definition) is 8. The number of nitrogens with zero attached hydrogens (tertiary/aromatic N) is 2. The lowest BCUT2D eigenvalue weighted by Gasteiger charge is -2.45. The molecule has 0 spiro atoms. The quantitative estimate of drug-likeness (QED) is 0.299. The summed E-state index contributed by atoms with van der Waals surface area (Å²) in [5.74, 6) is -2.67. The Morgan fingerprint density at radius 2 is 1.71 bits per heavy atom. The van der Waals surface area contributed by atoms with Gasteiger partial charge in [-0.1, -0.05) is 18.2 Å². The van der Waals surface area contributed by atoms with E-state index in [9.17, 15) is 19.5 Å². The first-order valence-corrected chi connectivity index (χ1v) is 11.0. The number of benzene rings is 2. The molecule has 34 heavy (non-hydrogen) atoms. The number of carbonyl (C=O) groups is 3. The topological polar surface area (TPSA) is 106 Å². The highest BCUT2D eigenvalue weighted by molar-refractivity contribution is 6.54. The van der Waals surface area contributed by atoms with Crippen molar-refractivity contribution in [3.8, 4) is 5.75 Å². The second kappa shape index (κ2) is 9.66. The van der Waals surface area contributed by atoms with Crippen molar-refractivity contribution in [1.29, 1.82) is 0 Å². The molecule has 2 heterocycles. The number of methoxy groups -OCH3 is 1. The number of aliphatic hydroxyl groups is 1. The number of amides is 1. The largest absolute Gasteiger partial charge is 0.507 e. The number of carbonyl (C=O) groups excluding carboxylic acids is 3. The Morgan fingerprint density at radius 3 is 2.29 bits per heavy atom. The molecule has 0 saturated carbocycles. The van der Waals surface area contributed by atoms with Crippen molar-refractivity contribution in [3.05, 3.63) is 65.7 Å². The third-order valence-corrected chi connectivity index (χ3v) is 5.93. The number of para-hydroxylation sites is 1. The normalized spacial score (nSPS) is 22.6. The molecule has 2 aliphatic heterocycles. The average molecular weight is 466 g/mol. The van der Waals surface area contributed by atoms with Crippen molar-refractivity contribution in [1.82, 2.24) is 4.90 Å². The van der Waals surface area contributed by atoms with Crippen LogP contribution in [0.2, 0.25) is 0 Å². The maximum absolute atomic E-state index is 13.6. The highest BCUT2D eigenvalue weighted by Crippen LogP contribution is 2.44. The number of Topliss-reactive ketones (excluding diaryl/α,β-unsaturated/α-hetero) is 1. The van der Waals surface area contributed by atoms with E-state index in [4.69, 9.17) is 14.2 Å². The molecule has 178 valence electrons. The molecule has 9 nitrogen and oxygen atoms in total. The summed E-state index contributed by atoms with van der Waals surface area (Å²) in [6, 6.07) is 14.8. The van der Waals surface area contributed by atoms with Crippen LogP contribution in [0, 0.1) is 0 Å². The predicted molar refractivity (Wildman–Crippen MR) is 123 cm³/mol. The van der Waals surface area contributed by atoms with E-state index in [1.165, 1.54) is 7.11 Å². The van der Waals surface area contributed by atoms with Crippen LogP contribution in [0.4, 0.5) is 5.69 Å². The van der Waals surface area contributed by atoms with Crippen LogP contribution in [0.15, 0.2) is 60.2 Å². The SMILES string of the molecule is CCOc1ccc(C(O)=C2C(=O)C(=O)N(c3ccccc3)[C@@]2(C(=O)OC)N2CCOCC2)cc1. The number of esters is 1. The van der Waals surface area contributed by atoms with E-state index in [1.807, 2.05) is 6.92 Å². The number of morpholine rings is 1. The van der Waals surface area contributed by atoms with Crippen LogP contribution < -0.4 is 9.64 Å². The molecule has 1 amide bonds. The Kier molecular flexibility index (Phi) is 6.67. The van der Waals surface area contributed by atoms with Gasteiger partial charge in [0.15, 0.2) is 0 Å². The molecular weight excluding hydrogens is 440 g/mol. The summed E-state index contributed by atoms with van der Waals surface area (Å²) in [4.78, 5) is 43.2. The van der Waals surface area contributed by atoms with Crippen molar-refractivity contribution in [2.24, 2.45) is 0 Å². The van der Waals surface area contributed by atoms with Gasteiger partial charge in [-0.15, -0.1) is 0 Å². The molecule has 2 saturated heterocycles. The Bertz CT molecular complexity index is 1110. The molecule has 2 aliphatic rings. The summed E-state index contributed by atoms with van der Waals surface area (Å²) in [5.41, 5.74) is -1.76. The minimum absolute atomic E-state index is 0.235. The first kappa shape index (κ1) is 23.5. The van der Waals surface area contributed by atoms with Crippen molar-refractivity contribution < 1.29 is 33.7 Å². The number of hydrogen-bond donors (Lipinski definition) is 1. The van der Waals surface area contributed by atoms with E-state index in [0.29, 0.717) is 18.0 Å². The molecule has 0 aromatic heterocycles. The van der Waals surface area contributed by atoms with Gasteiger partial charge in [-0.2, -0.15) is 0 Å². The van der Waals surface area contributed by atoms with Gasteiger partial charge >= 0.3 is 11.9 Å². The zero-order chi connectivity index (χ0) is 24.3. The molecular formula is C25H26N2O7. The van der Waals surface area contributed by atoms with Crippen LogP contribution >= 0.6 is 0 Å². The summed E-state index contributed by atoms with van der Waals surface area (Å²) in [5, 5.41) is 11.4. The van der Waals surface area contributed by atoms with Gasteiger partial charge in [0.25, 0.3) is 5.78 Å². The van der Waals surface area contributed by atoms with Crippen molar-refractivity contribution in [3.63, 3.8) is 0 Å². The van der Waals surface area contributed by atoms with Crippen LogP contribution in [-0.2, 0) is 23.9 Å². The lowest BCUT2D eigenvalue weighted by atomic mass is 9.92. The molecule has 1 N–H and O–H groups in total. The fraction of sp³-hybridized carbons (Fsp3) is 0.320. The second-order valence-electron chi connectivity index (χ2n) is 7.75. The van der Waals surface area contributed by atoms with E-state index in [2.05, 4.69) is 0 Å². The van der Waals surface area contributed by atoms with Crippen LogP contribution in [-0.4, -0.2) is 73.3 Å². The summed E-state index contributed by atoms with van der Waals surface area (Å²) in [6.07, 6.45) is 0. The Morgan fingerprint density at radius 1 is 1.06 bits per heavy atom. The number of ether oxygens (including phenoxy) is 3. The highest BCUT2D eigenvalue weighted by Gasteiger charge is 2.66. The average Bonchev–Trinajstić information content (AvgIpc) is 3.12. The van der Waals surface area contributed by atoms with Gasteiger partial charge in [0.2, 0.25) is 5.66 Å². The number of ketones is 1. The molecule has 2 fully saturated rings. The van der Waals surface area contributed by atoms with Crippen LogP contribution in [0.5, 0.6) is 5.75 Å². The standard InChI is InChI=1S/C25H26N2O7/c1-3-34-19-11-9-17(10-12-19)21(28)20-22(29)23(30)27(18-7-5-4-6-8-18)25(20,24(31)32-2)26-13-15-33-16-14-26/h4-12,28H,3,13-16H2,1-2H3/t25-/m0/s1. The molecule has 0 radical (unpaired) electrons. The van der Waals surface area contributed by atoms with Gasteiger partial charge in [-0.3, -0.25) is 19.4 Å². The van der Waals surface area contributed by atoms with Gasteiger partial charge in [0.05, 0.1) is 26.9 Å². The Balaban J connectivity index is 1.99. The second-order valence-corrected chi connectivity index (χ2v) is 7.75. The lowest BCUT2D eigenvalue weighted by Crippen LogP contribution is -2.67. The molecule has 4 rings (SSSR count). The van der Waals surface area contributed by atoms with Crippen molar-refractivity contribution in [2.75, 3.05) is 44.9 Å². The zero-order valence-electron chi connectivity index (χ0n) is 19.0. The van der Waals surface area contributed by atoms with E-state index >= 15 is 0 Å². The molecule has 0 unspecified atom stereocenters. The van der Waals surface area contributed by atoms with Gasteiger partial charge in [-0.05, 0) is 43.3 Å². The van der Waals surface area contributed by atoms with Gasteiger partial charge in [-0.25, -0.2) is 4.79 Å². The molecule has 0 aliphatic carbocycles. The monoisotopic (exact) mass is 466 g/mol. The minimum atomic E-state index is -2.00. The molecule has 9 heteroatoms. The first-order chi connectivity index (χ1) is 16.5. The predicted octanol–water partition coefficient (Wildman–Crippen LogP) is 2.17. The van der Waals surface area contributed by atoms with E-state index in [0.717, 1.165) is 4.90 Å². The smallest absolute Gasteiger partial charge is 0.352 e. The number of anilines is 1. The van der Waals surface area contributed by atoms with Crippen molar-refractivity contribution >= 4 is 29.1 Å². The first-order valence-electron chi connectivity index (χ1n) is 11.0. The molecule has 2 aromatic rings. The summed E-state index contributed by atoms with van der Waals surface area (Å²) in [7, 11) is 1.19. The number of rotatable bonds is 6. The summed E-state index contributed by atoms with van der Waals surface area (Å²) in [6.45, 7) is 3.34. The fourth-order valence-electron chi connectivity index (χ4n) is 4.45. The maximum atomic E-state index is 13.6. The lowest BCUT2D eigenvalue weighted by molar-refractivity contribution is -0.155. The van der Waals surface area contributed by atoms with Crippen LogP contribution in [0.1, 0.15) is 12.5 Å². The number of aliphatic hydroxyl groups excluding tert-OH is 1. The van der Waals surface area contributed by atoms with E-state index in [1.54, 1.807) is 59.5 Å². The van der Waals surface area contributed by atoms with E-state index in [-0.39, 0.29) is 37.4 Å². The zero-order valence-corrected chi connectivity index (χ0v) is 19.0. The van der Waals surface area contributed by atoms with Gasteiger partial charge < -0.3 is 19.3 Å². The third kappa shape index (κ3) is 3.72. The molecule has 0 bridgehead atoms. The van der Waals surface area contributed by atoms with Crippen LogP contribution in [0.3, 0.4) is 0 Å². The summed E-state index contributed by atoms with van der Waals surface area (Å²) >= 11 is 0. The fourth-order valence-corrected chi connectivity index (χ4v) is 4.45. The van der Waals surface area contributed by atoms with E-state index < -0.39 is 29.1 Å². The Hall–Kier alpha value is -3.69.